The van der Waals surface area contributed by atoms with Crippen molar-refractivity contribution in [1.29, 1.82) is 0 Å². The van der Waals surface area contributed by atoms with Crippen LogP contribution in [0.15, 0.2) is 54.6 Å². The summed E-state index contributed by atoms with van der Waals surface area (Å²) in [5, 5.41) is 0. The van der Waals surface area contributed by atoms with Gasteiger partial charge in [0.25, 0.3) is 0 Å². The van der Waals surface area contributed by atoms with Gasteiger partial charge in [-0.2, -0.15) is 0 Å². The van der Waals surface area contributed by atoms with Crippen LogP contribution in [0.2, 0.25) is 0 Å². The second-order valence-corrected chi connectivity index (χ2v) is 10.4. The van der Waals surface area contributed by atoms with Gasteiger partial charge in [-0.1, -0.05) is 96.3 Å². The molecule has 3 atom stereocenters. The van der Waals surface area contributed by atoms with Crippen LogP contribution in [0.4, 0.5) is 0 Å². The summed E-state index contributed by atoms with van der Waals surface area (Å²) in [7, 11) is 0. The van der Waals surface area contributed by atoms with E-state index in [0.29, 0.717) is 24.4 Å². The molecule has 31 heavy (non-hydrogen) atoms. The molecule has 2 nitrogen and oxygen atoms in total. The summed E-state index contributed by atoms with van der Waals surface area (Å²) in [6, 6.07) is 19.2. The van der Waals surface area contributed by atoms with Crippen LogP contribution in [-0.4, -0.2) is 6.29 Å². The van der Waals surface area contributed by atoms with Gasteiger partial charge in [-0.25, -0.2) is 0 Å². The van der Waals surface area contributed by atoms with Crippen LogP contribution in [0.25, 0.3) is 0 Å². The van der Waals surface area contributed by atoms with Crippen molar-refractivity contribution in [3.63, 3.8) is 0 Å². The predicted molar refractivity (Wildman–Crippen MR) is 130 cm³/mol. The van der Waals surface area contributed by atoms with E-state index in [9.17, 15) is 0 Å². The van der Waals surface area contributed by atoms with Crippen LogP contribution in [0.1, 0.15) is 90.2 Å². The first-order valence-electron chi connectivity index (χ1n) is 12.3. The molecular formula is C29H42O2. The molecule has 0 heterocycles. The van der Waals surface area contributed by atoms with Gasteiger partial charge >= 0.3 is 0 Å². The van der Waals surface area contributed by atoms with Gasteiger partial charge in [-0.05, 0) is 59.8 Å². The monoisotopic (exact) mass is 422 g/mol. The third kappa shape index (κ3) is 6.84. The molecule has 0 amide bonds. The summed E-state index contributed by atoms with van der Waals surface area (Å²) in [6.45, 7) is 12.1. The first-order chi connectivity index (χ1) is 14.9. The molecule has 1 aliphatic carbocycles. The van der Waals surface area contributed by atoms with Gasteiger partial charge in [0.1, 0.15) is 5.75 Å². The largest absolute Gasteiger partial charge is 0.465 e. The van der Waals surface area contributed by atoms with E-state index in [2.05, 4.69) is 83.1 Å². The predicted octanol–water partition coefficient (Wildman–Crippen LogP) is 8.36. The molecule has 3 rings (SSSR count). The number of benzene rings is 2. The van der Waals surface area contributed by atoms with Crippen LogP contribution in [-0.2, 0) is 11.3 Å². The highest BCUT2D eigenvalue weighted by Crippen LogP contribution is 2.38. The van der Waals surface area contributed by atoms with E-state index >= 15 is 0 Å². The third-order valence-corrected chi connectivity index (χ3v) is 7.07. The lowest BCUT2D eigenvalue weighted by Gasteiger charge is -2.34. The molecule has 0 saturated heterocycles. The standard InChI is InChI=1S/C29H42O2/c1-6-27(29(3,4)5)25-17-19-26(20-18-25)31-28(22(2)24-15-11-8-12-16-24)30-21-23-13-9-7-10-14-23/h7,9-10,13-14,17-20,22,24,27-28H,6,8,11-12,15-16,21H2,1-5H3. The summed E-state index contributed by atoms with van der Waals surface area (Å²) < 4.78 is 12.9. The number of rotatable bonds is 9. The number of hydrogen-bond acceptors (Lipinski definition) is 2. The van der Waals surface area contributed by atoms with Crippen molar-refractivity contribution in [1.82, 2.24) is 0 Å². The van der Waals surface area contributed by atoms with E-state index in [-0.39, 0.29) is 11.7 Å². The average molecular weight is 423 g/mol. The van der Waals surface area contributed by atoms with E-state index in [1.165, 1.54) is 43.2 Å². The van der Waals surface area contributed by atoms with E-state index in [0.717, 1.165) is 12.2 Å². The molecule has 1 aliphatic rings. The van der Waals surface area contributed by atoms with E-state index in [1.54, 1.807) is 0 Å². The molecule has 1 fully saturated rings. The van der Waals surface area contributed by atoms with Gasteiger partial charge in [0.15, 0.2) is 0 Å². The van der Waals surface area contributed by atoms with Crippen LogP contribution >= 0.6 is 0 Å². The Morgan fingerprint density at radius 3 is 2.13 bits per heavy atom. The van der Waals surface area contributed by atoms with Gasteiger partial charge in [0, 0.05) is 5.92 Å². The Kier molecular flexibility index (Phi) is 8.60. The van der Waals surface area contributed by atoms with Crippen molar-refractivity contribution >= 4 is 0 Å². The van der Waals surface area contributed by atoms with Crippen molar-refractivity contribution in [2.45, 2.75) is 92.0 Å². The highest BCUT2D eigenvalue weighted by atomic mass is 16.7. The zero-order chi connectivity index (χ0) is 22.3. The smallest absolute Gasteiger partial charge is 0.202 e. The number of ether oxygens (including phenoxy) is 2. The molecule has 0 aromatic heterocycles. The summed E-state index contributed by atoms with van der Waals surface area (Å²) in [5.41, 5.74) is 2.84. The van der Waals surface area contributed by atoms with Crippen LogP contribution in [0.3, 0.4) is 0 Å². The first kappa shape index (κ1) is 23.9. The molecule has 2 heteroatoms. The Morgan fingerprint density at radius 2 is 1.55 bits per heavy atom. The first-order valence-corrected chi connectivity index (χ1v) is 12.3. The summed E-state index contributed by atoms with van der Waals surface area (Å²) in [4.78, 5) is 0. The molecule has 2 aromatic carbocycles. The Labute approximate surface area is 190 Å². The van der Waals surface area contributed by atoms with E-state index in [1.807, 2.05) is 6.07 Å². The normalized spacial score (nSPS) is 18.4. The fourth-order valence-electron chi connectivity index (χ4n) is 5.19. The fraction of sp³-hybridized carbons (Fsp3) is 0.586. The lowest BCUT2D eigenvalue weighted by Crippen LogP contribution is -2.34. The van der Waals surface area contributed by atoms with Crippen LogP contribution in [0.5, 0.6) is 5.75 Å². The van der Waals surface area contributed by atoms with Crippen molar-refractivity contribution in [3.05, 3.63) is 65.7 Å². The Bertz CT molecular complexity index is 754. The second kappa shape index (κ2) is 11.2. The molecule has 2 aromatic rings. The molecule has 0 radical (unpaired) electrons. The van der Waals surface area contributed by atoms with Gasteiger partial charge in [0.2, 0.25) is 6.29 Å². The van der Waals surface area contributed by atoms with Gasteiger partial charge in [0.05, 0.1) is 6.61 Å². The molecular weight excluding hydrogens is 380 g/mol. The maximum absolute atomic E-state index is 6.48. The quantitative estimate of drug-likeness (QED) is 0.378. The lowest BCUT2D eigenvalue weighted by molar-refractivity contribution is -0.135. The summed E-state index contributed by atoms with van der Waals surface area (Å²) >= 11 is 0. The number of hydrogen-bond donors (Lipinski definition) is 0. The van der Waals surface area contributed by atoms with Crippen molar-refractivity contribution < 1.29 is 9.47 Å². The van der Waals surface area contributed by atoms with Crippen LogP contribution in [0, 0.1) is 17.3 Å². The minimum atomic E-state index is -0.223. The lowest BCUT2D eigenvalue weighted by atomic mass is 9.75. The molecule has 3 unspecified atom stereocenters. The second-order valence-electron chi connectivity index (χ2n) is 10.4. The molecule has 1 saturated carbocycles. The van der Waals surface area contributed by atoms with Crippen molar-refractivity contribution in [2.24, 2.45) is 17.3 Å². The maximum Gasteiger partial charge on any atom is 0.202 e. The zero-order valence-electron chi connectivity index (χ0n) is 20.3. The Morgan fingerprint density at radius 1 is 0.903 bits per heavy atom. The van der Waals surface area contributed by atoms with Gasteiger partial charge in [-0.3, -0.25) is 0 Å². The molecule has 0 spiro atoms. The molecule has 170 valence electrons. The highest BCUT2D eigenvalue weighted by molar-refractivity contribution is 5.30. The summed E-state index contributed by atoms with van der Waals surface area (Å²) in [6.07, 6.45) is 7.54. The van der Waals surface area contributed by atoms with E-state index in [4.69, 9.17) is 9.47 Å². The molecule has 0 aliphatic heterocycles. The topological polar surface area (TPSA) is 18.5 Å². The average Bonchev–Trinajstić information content (AvgIpc) is 2.78. The third-order valence-electron chi connectivity index (χ3n) is 7.07. The zero-order valence-corrected chi connectivity index (χ0v) is 20.3. The fourth-order valence-corrected chi connectivity index (χ4v) is 5.19. The molecule has 0 bridgehead atoms. The maximum atomic E-state index is 6.48. The Hall–Kier alpha value is -1.80. The van der Waals surface area contributed by atoms with Crippen molar-refractivity contribution in [3.8, 4) is 5.75 Å². The van der Waals surface area contributed by atoms with Crippen molar-refractivity contribution in [2.75, 3.05) is 0 Å². The molecule has 0 N–H and O–H groups in total. The Balaban J connectivity index is 1.72. The van der Waals surface area contributed by atoms with Crippen LogP contribution < -0.4 is 4.74 Å². The summed E-state index contributed by atoms with van der Waals surface area (Å²) in [5.74, 6) is 2.52. The SMILES string of the molecule is CCC(c1ccc(OC(OCc2ccccc2)C(C)C2CCCCC2)cc1)C(C)(C)C. The van der Waals surface area contributed by atoms with E-state index < -0.39 is 0 Å². The highest BCUT2D eigenvalue weighted by Gasteiger charge is 2.30. The van der Waals surface area contributed by atoms with Gasteiger partial charge < -0.3 is 9.47 Å². The minimum Gasteiger partial charge on any atom is -0.465 e. The van der Waals surface area contributed by atoms with Gasteiger partial charge in [-0.15, -0.1) is 0 Å². The minimum absolute atomic E-state index is 0.223.